The van der Waals surface area contributed by atoms with Crippen LogP contribution in [0.1, 0.15) is 11.9 Å². The Morgan fingerprint density at radius 1 is 0.938 bits per heavy atom. The van der Waals surface area contributed by atoms with Crippen LogP contribution < -0.4 is 0 Å². The van der Waals surface area contributed by atoms with Gasteiger partial charge in [0.25, 0.3) is 6.29 Å². The standard InChI is InChI=1S/C13H9BrO2/c14-12-10-4-2-1-3-9(10)5-6-11(12)13-15-7-8-16-13/h1-8,13H. The molecule has 16 heavy (non-hydrogen) atoms. The molecule has 0 saturated carbocycles. The highest BCUT2D eigenvalue weighted by atomic mass is 79.9. The smallest absolute Gasteiger partial charge is 0.267 e. The molecule has 1 aliphatic heterocycles. The van der Waals surface area contributed by atoms with Crippen LogP contribution in [0.3, 0.4) is 0 Å². The molecule has 3 heteroatoms. The molecule has 2 aromatic carbocycles. The molecular weight excluding hydrogens is 268 g/mol. The SMILES string of the molecule is Brc1c(C2OC=CO2)ccc2ccccc12. The molecule has 0 aromatic heterocycles. The molecule has 0 spiro atoms. The zero-order chi connectivity index (χ0) is 11.0. The van der Waals surface area contributed by atoms with Gasteiger partial charge in [-0.25, -0.2) is 0 Å². The molecule has 3 rings (SSSR count). The van der Waals surface area contributed by atoms with Crippen molar-refractivity contribution >= 4 is 26.7 Å². The van der Waals surface area contributed by atoms with Crippen molar-refractivity contribution in [3.8, 4) is 0 Å². The van der Waals surface area contributed by atoms with Crippen molar-refractivity contribution in [3.05, 3.63) is 59.0 Å². The Hall–Kier alpha value is -1.48. The zero-order valence-electron chi connectivity index (χ0n) is 8.39. The number of rotatable bonds is 1. The fraction of sp³-hybridized carbons (Fsp3) is 0.0769. The second kappa shape index (κ2) is 3.83. The van der Waals surface area contributed by atoms with Crippen molar-refractivity contribution in [2.75, 3.05) is 0 Å². The van der Waals surface area contributed by atoms with Crippen LogP contribution in [0.15, 0.2) is 53.4 Å². The quantitative estimate of drug-likeness (QED) is 0.780. The summed E-state index contributed by atoms with van der Waals surface area (Å²) < 4.78 is 11.7. The summed E-state index contributed by atoms with van der Waals surface area (Å²) in [6, 6.07) is 12.3. The van der Waals surface area contributed by atoms with Gasteiger partial charge in [-0.05, 0) is 32.8 Å². The van der Waals surface area contributed by atoms with Crippen LogP contribution >= 0.6 is 15.9 Å². The molecule has 0 radical (unpaired) electrons. The minimum atomic E-state index is -0.334. The van der Waals surface area contributed by atoms with Gasteiger partial charge in [-0.3, -0.25) is 0 Å². The molecule has 0 atom stereocenters. The second-order valence-electron chi connectivity index (χ2n) is 3.57. The summed E-state index contributed by atoms with van der Waals surface area (Å²) in [6.45, 7) is 0. The fourth-order valence-electron chi connectivity index (χ4n) is 1.82. The molecule has 0 saturated heterocycles. The number of hydrogen-bond donors (Lipinski definition) is 0. The molecule has 0 amide bonds. The highest BCUT2D eigenvalue weighted by Gasteiger charge is 2.19. The third-order valence-electron chi connectivity index (χ3n) is 2.61. The molecule has 80 valence electrons. The first-order valence-electron chi connectivity index (χ1n) is 4.99. The molecule has 2 aromatic rings. The molecule has 1 aliphatic rings. The summed E-state index contributed by atoms with van der Waals surface area (Å²) in [4.78, 5) is 0. The van der Waals surface area contributed by atoms with Gasteiger partial charge in [0.2, 0.25) is 0 Å². The van der Waals surface area contributed by atoms with Crippen LogP contribution in [0.4, 0.5) is 0 Å². The van der Waals surface area contributed by atoms with Gasteiger partial charge in [0.1, 0.15) is 12.5 Å². The fourth-order valence-corrected chi connectivity index (χ4v) is 2.50. The molecule has 0 aliphatic carbocycles. The first-order chi connectivity index (χ1) is 7.86. The second-order valence-corrected chi connectivity index (χ2v) is 4.36. The molecule has 1 heterocycles. The van der Waals surface area contributed by atoms with E-state index in [2.05, 4.69) is 34.1 Å². The Balaban J connectivity index is 2.16. The minimum Gasteiger partial charge on any atom is -0.455 e. The van der Waals surface area contributed by atoms with Crippen LogP contribution in [0.5, 0.6) is 0 Å². The van der Waals surface area contributed by atoms with E-state index < -0.39 is 0 Å². The molecule has 2 nitrogen and oxygen atoms in total. The van der Waals surface area contributed by atoms with Crippen molar-refractivity contribution in [1.82, 2.24) is 0 Å². The maximum Gasteiger partial charge on any atom is 0.267 e. The lowest BCUT2D eigenvalue weighted by molar-refractivity contribution is -0.0250. The van der Waals surface area contributed by atoms with Crippen molar-refractivity contribution in [1.29, 1.82) is 0 Å². The first kappa shape index (κ1) is 9.73. The topological polar surface area (TPSA) is 18.5 Å². The largest absolute Gasteiger partial charge is 0.455 e. The monoisotopic (exact) mass is 276 g/mol. The highest BCUT2D eigenvalue weighted by molar-refractivity contribution is 9.10. The van der Waals surface area contributed by atoms with E-state index in [-0.39, 0.29) is 6.29 Å². The van der Waals surface area contributed by atoms with E-state index in [4.69, 9.17) is 9.47 Å². The molecule has 0 N–H and O–H groups in total. The first-order valence-corrected chi connectivity index (χ1v) is 5.78. The van der Waals surface area contributed by atoms with Gasteiger partial charge in [0.05, 0.1) is 0 Å². The Labute approximate surface area is 102 Å². The van der Waals surface area contributed by atoms with Crippen molar-refractivity contribution < 1.29 is 9.47 Å². The Kier molecular flexibility index (Phi) is 2.33. The molecule has 0 unspecified atom stereocenters. The Bertz CT molecular complexity index is 555. The number of ether oxygens (including phenoxy) is 2. The molecular formula is C13H9BrO2. The van der Waals surface area contributed by atoms with Crippen LogP contribution in [0.25, 0.3) is 10.8 Å². The predicted molar refractivity (Wildman–Crippen MR) is 65.7 cm³/mol. The van der Waals surface area contributed by atoms with E-state index in [0.717, 1.165) is 10.0 Å². The predicted octanol–water partition coefficient (Wildman–Crippen LogP) is 4.12. The van der Waals surface area contributed by atoms with E-state index in [9.17, 15) is 0 Å². The maximum atomic E-state index is 5.34. The number of fused-ring (bicyclic) bond motifs is 1. The van der Waals surface area contributed by atoms with Crippen molar-refractivity contribution in [3.63, 3.8) is 0 Å². The maximum absolute atomic E-state index is 5.34. The lowest BCUT2D eigenvalue weighted by Crippen LogP contribution is -1.99. The average Bonchev–Trinajstić information content (AvgIpc) is 2.83. The Morgan fingerprint density at radius 3 is 2.50 bits per heavy atom. The lowest BCUT2D eigenvalue weighted by atomic mass is 10.1. The van der Waals surface area contributed by atoms with E-state index in [1.54, 1.807) is 12.5 Å². The molecule has 0 bridgehead atoms. The van der Waals surface area contributed by atoms with Gasteiger partial charge >= 0.3 is 0 Å². The van der Waals surface area contributed by atoms with E-state index in [0.29, 0.717) is 0 Å². The number of benzene rings is 2. The van der Waals surface area contributed by atoms with E-state index in [1.165, 1.54) is 10.8 Å². The molecule has 0 fully saturated rings. The van der Waals surface area contributed by atoms with Crippen LogP contribution in [0, 0.1) is 0 Å². The third-order valence-corrected chi connectivity index (χ3v) is 3.49. The third kappa shape index (κ3) is 1.48. The number of hydrogen-bond acceptors (Lipinski definition) is 2. The van der Waals surface area contributed by atoms with Gasteiger partial charge in [0.15, 0.2) is 0 Å². The summed E-state index contributed by atoms with van der Waals surface area (Å²) in [7, 11) is 0. The summed E-state index contributed by atoms with van der Waals surface area (Å²) in [5.74, 6) is 0. The van der Waals surface area contributed by atoms with E-state index >= 15 is 0 Å². The highest BCUT2D eigenvalue weighted by Crippen LogP contribution is 2.35. The summed E-state index contributed by atoms with van der Waals surface area (Å²) in [6.07, 6.45) is 2.79. The van der Waals surface area contributed by atoms with Crippen LogP contribution in [0.2, 0.25) is 0 Å². The van der Waals surface area contributed by atoms with Gasteiger partial charge in [-0.1, -0.05) is 30.3 Å². The Morgan fingerprint density at radius 2 is 1.69 bits per heavy atom. The van der Waals surface area contributed by atoms with E-state index in [1.807, 2.05) is 18.2 Å². The summed E-state index contributed by atoms with van der Waals surface area (Å²) >= 11 is 3.60. The lowest BCUT2D eigenvalue weighted by Gasteiger charge is -2.13. The summed E-state index contributed by atoms with van der Waals surface area (Å²) in [5.41, 5.74) is 1.00. The zero-order valence-corrected chi connectivity index (χ0v) is 9.98. The van der Waals surface area contributed by atoms with Crippen LogP contribution in [-0.4, -0.2) is 0 Å². The van der Waals surface area contributed by atoms with Crippen LogP contribution in [-0.2, 0) is 9.47 Å². The van der Waals surface area contributed by atoms with Gasteiger partial charge in [-0.2, -0.15) is 0 Å². The summed E-state index contributed by atoms with van der Waals surface area (Å²) in [5, 5.41) is 2.36. The van der Waals surface area contributed by atoms with Gasteiger partial charge in [-0.15, -0.1) is 0 Å². The van der Waals surface area contributed by atoms with Crippen molar-refractivity contribution in [2.45, 2.75) is 6.29 Å². The van der Waals surface area contributed by atoms with Gasteiger partial charge < -0.3 is 9.47 Å². The minimum absolute atomic E-state index is 0.334. The number of halogens is 1. The normalized spacial score (nSPS) is 15.1. The van der Waals surface area contributed by atoms with Gasteiger partial charge in [0, 0.05) is 10.0 Å². The van der Waals surface area contributed by atoms with Crippen molar-refractivity contribution in [2.24, 2.45) is 0 Å². The average molecular weight is 277 g/mol.